The number of nitrogens with zero attached hydrogens (tertiary/aromatic N) is 2. The van der Waals surface area contributed by atoms with Crippen LogP contribution in [0.4, 0.5) is 0 Å². The second-order valence-electron chi connectivity index (χ2n) is 16.5. The van der Waals surface area contributed by atoms with E-state index < -0.39 is 6.04 Å². The molecule has 2 aromatic heterocycles. The van der Waals surface area contributed by atoms with Gasteiger partial charge in [0.25, 0.3) is 11.8 Å². The molecular weight excluding hydrogens is 741 g/mol. The van der Waals surface area contributed by atoms with Gasteiger partial charge >= 0.3 is 0 Å². The highest BCUT2D eigenvalue weighted by Gasteiger charge is 2.41. The fourth-order valence-corrected chi connectivity index (χ4v) is 6.41. The van der Waals surface area contributed by atoms with E-state index in [9.17, 15) is 14.4 Å². The number of amides is 2. The summed E-state index contributed by atoms with van der Waals surface area (Å²) in [7, 11) is 0. The van der Waals surface area contributed by atoms with Crippen molar-refractivity contribution in [3.8, 4) is 5.75 Å². The first-order chi connectivity index (χ1) is 28.0. The number of benzene rings is 2. The molecule has 0 bridgehead atoms. The van der Waals surface area contributed by atoms with E-state index in [2.05, 4.69) is 74.3 Å². The number of ether oxygens (including phenoxy) is 2. The molecule has 1 aliphatic heterocycles. The number of carbonyl (C=O) groups excluding carboxylic acids is 4. The highest BCUT2D eigenvalue weighted by atomic mass is 16.5. The summed E-state index contributed by atoms with van der Waals surface area (Å²) in [5, 5.41) is 5.84. The number of aldehydes is 1. The summed E-state index contributed by atoms with van der Waals surface area (Å²) < 4.78 is 12.4. The van der Waals surface area contributed by atoms with Crippen molar-refractivity contribution in [1.29, 1.82) is 0 Å². The van der Waals surface area contributed by atoms with Crippen LogP contribution >= 0.6 is 0 Å². The van der Waals surface area contributed by atoms with E-state index in [0.717, 1.165) is 54.2 Å². The van der Waals surface area contributed by atoms with Crippen molar-refractivity contribution in [3.05, 3.63) is 96.5 Å². The summed E-state index contributed by atoms with van der Waals surface area (Å²) in [5.74, 6) is -0.181. The zero-order valence-electron chi connectivity index (χ0n) is 37.6. The second kappa shape index (κ2) is 24.1. The minimum Gasteiger partial charge on any atom is -0.492 e. The quantitative estimate of drug-likeness (QED) is 0.0544. The van der Waals surface area contributed by atoms with Crippen LogP contribution in [0.2, 0.25) is 0 Å². The Morgan fingerprint density at radius 1 is 0.949 bits per heavy atom. The summed E-state index contributed by atoms with van der Waals surface area (Å²) in [5.41, 5.74) is 4.61. The Morgan fingerprint density at radius 2 is 1.61 bits per heavy atom. The first kappa shape index (κ1) is 50.1. The summed E-state index contributed by atoms with van der Waals surface area (Å²) in [6.45, 7) is 31.2. The number of hydrogen-bond donors (Lipinski definition) is 2. The molecule has 0 fully saturated rings. The summed E-state index contributed by atoms with van der Waals surface area (Å²) in [6, 6.07) is 13.3. The number of aryl methyl sites for hydroxylation is 1. The monoisotopic (exact) mass is 811 g/mol. The van der Waals surface area contributed by atoms with Gasteiger partial charge in [-0.15, -0.1) is 6.58 Å². The van der Waals surface area contributed by atoms with Crippen LogP contribution < -0.4 is 10.1 Å². The van der Waals surface area contributed by atoms with Gasteiger partial charge < -0.3 is 24.6 Å². The Kier molecular flexibility index (Phi) is 20.4. The molecule has 0 saturated carbocycles. The maximum absolute atomic E-state index is 13.5. The average molecular weight is 811 g/mol. The Balaban J connectivity index is 0.00000139. The predicted octanol–water partition coefficient (Wildman–Crippen LogP) is 10.7. The third-order valence-electron chi connectivity index (χ3n) is 9.92. The van der Waals surface area contributed by atoms with Crippen molar-refractivity contribution in [1.82, 2.24) is 20.2 Å². The number of carbonyl (C=O) groups is 4. The number of rotatable bonds is 19. The lowest BCUT2D eigenvalue weighted by Gasteiger charge is -2.30. The zero-order valence-corrected chi connectivity index (χ0v) is 37.6. The van der Waals surface area contributed by atoms with Gasteiger partial charge in [-0.3, -0.25) is 24.3 Å². The molecule has 2 atom stereocenters. The van der Waals surface area contributed by atoms with Gasteiger partial charge in [0.15, 0.2) is 0 Å². The number of imide groups is 1. The Hall–Kier alpha value is -5.09. The van der Waals surface area contributed by atoms with E-state index in [0.29, 0.717) is 49.5 Å². The number of Topliss-reactive ketones (excluding diaryl/α,β-unsaturated/α-hetero) is 1. The molecule has 0 saturated heterocycles. The highest BCUT2D eigenvalue weighted by molar-refractivity contribution is 6.22. The fraction of sp³-hybridized carbons (Fsp3) is 0.490. The SMILES string of the molecule is C=C(CCc1ccc2c(c1)[nH]c1ccncc12)NCC(C)(C)COCC(C)(C)COc1cccc2c1C(=O)N(C(C)CCC(=O)C(C)CC)C2=O.C=CC.CC.CC=O. The number of H-pyrrole nitrogens is 1. The number of aromatic nitrogens is 2. The number of nitrogens with one attached hydrogen (secondary N) is 2. The summed E-state index contributed by atoms with van der Waals surface area (Å²) >= 11 is 0. The minimum atomic E-state index is -0.391. The van der Waals surface area contributed by atoms with Gasteiger partial charge in [-0.1, -0.05) is 86.2 Å². The smallest absolute Gasteiger partial charge is 0.265 e. The lowest BCUT2D eigenvalue weighted by atomic mass is 9.93. The maximum atomic E-state index is 13.5. The molecule has 59 heavy (non-hydrogen) atoms. The molecule has 0 aliphatic carbocycles. The first-order valence-electron chi connectivity index (χ1n) is 21.0. The predicted molar refractivity (Wildman–Crippen MR) is 242 cm³/mol. The topological polar surface area (TPSA) is 131 Å². The van der Waals surface area contributed by atoms with Gasteiger partial charge in [0.2, 0.25) is 0 Å². The molecule has 0 spiro atoms. The van der Waals surface area contributed by atoms with Crippen molar-refractivity contribution in [2.75, 3.05) is 26.4 Å². The lowest BCUT2D eigenvalue weighted by molar-refractivity contribution is -0.122. The fourth-order valence-electron chi connectivity index (χ4n) is 6.41. The van der Waals surface area contributed by atoms with Crippen LogP contribution in [0.15, 0.2) is 79.8 Å². The Morgan fingerprint density at radius 3 is 2.27 bits per heavy atom. The van der Waals surface area contributed by atoms with Crippen LogP contribution in [0.1, 0.15) is 128 Å². The number of aromatic amines is 1. The number of hydrogen-bond acceptors (Lipinski definition) is 8. The van der Waals surface area contributed by atoms with E-state index >= 15 is 0 Å². The molecule has 1 aliphatic rings. The molecule has 2 amide bonds. The maximum Gasteiger partial charge on any atom is 0.265 e. The minimum absolute atomic E-state index is 0.0254. The van der Waals surface area contributed by atoms with Crippen LogP contribution in [0.3, 0.4) is 0 Å². The molecule has 2 aromatic carbocycles. The van der Waals surface area contributed by atoms with Gasteiger partial charge in [0.05, 0.1) is 30.9 Å². The van der Waals surface area contributed by atoms with Crippen LogP contribution in [0, 0.1) is 16.7 Å². The van der Waals surface area contributed by atoms with E-state index in [1.165, 1.54) is 22.8 Å². The molecule has 2 N–H and O–H groups in total. The first-order valence-corrected chi connectivity index (χ1v) is 21.0. The molecule has 3 heterocycles. The standard InChI is InChI=1S/C42H54N4O5.C3H6.C2H4O.C2H6/c1-9-27(2)36(47)18-14-29(4)46-39(48)32-11-10-12-37(38(32)40(46)49)51-26-42(7,8)25-50-24-41(5,6)23-44-28(3)13-15-30-16-17-31-33-22-43-20-19-34(33)45-35(31)21-30;1-3-2;1-2-3;1-2/h10-12,16-17,19-22,27,29,44-45H,3,9,13-15,18,23-26H2,1-2,4-8H3;3H,1H2,2H3;2H,1H3;1-2H3. The highest BCUT2D eigenvalue weighted by Crippen LogP contribution is 2.34. The molecule has 5 rings (SSSR count). The van der Waals surface area contributed by atoms with E-state index in [4.69, 9.17) is 14.3 Å². The van der Waals surface area contributed by atoms with Crippen LogP contribution in [0.25, 0.3) is 21.8 Å². The molecule has 10 heteroatoms. The molecular formula is C49H70N4O6. The Bertz CT molecular complexity index is 2010. The normalized spacial score (nSPS) is 13.2. The molecule has 10 nitrogen and oxygen atoms in total. The van der Waals surface area contributed by atoms with Gasteiger partial charge in [-0.25, -0.2) is 0 Å². The molecule has 322 valence electrons. The molecule has 2 unspecified atom stereocenters. The lowest BCUT2D eigenvalue weighted by Crippen LogP contribution is -2.38. The number of ketones is 1. The van der Waals surface area contributed by atoms with Crippen LogP contribution in [-0.2, 0) is 20.7 Å². The van der Waals surface area contributed by atoms with Gasteiger partial charge in [-0.2, -0.15) is 0 Å². The third-order valence-corrected chi connectivity index (χ3v) is 9.92. The van der Waals surface area contributed by atoms with E-state index in [-0.39, 0.29) is 34.3 Å². The summed E-state index contributed by atoms with van der Waals surface area (Å²) in [6.07, 6.45) is 9.49. The van der Waals surface area contributed by atoms with Gasteiger partial charge in [0.1, 0.15) is 17.8 Å². The van der Waals surface area contributed by atoms with E-state index in [1.807, 2.05) is 53.8 Å². The second-order valence-corrected chi connectivity index (χ2v) is 16.5. The summed E-state index contributed by atoms with van der Waals surface area (Å²) in [4.78, 5) is 57.0. The van der Waals surface area contributed by atoms with Crippen LogP contribution in [-0.4, -0.2) is 71.2 Å². The van der Waals surface area contributed by atoms with Crippen molar-refractivity contribution in [3.63, 3.8) is 0 Å². The van der Waals surface area contributed by atoms with Gasteiger partial charge in [0, 0.05) is 75.7 Å². The Labute approximate surface area is 353 Å². The van der Waals surface area contributed by atoms with Gasteiger partial charge in [-0.05, 0) is 76.3 Å². The van der Waals surface area contributed by atoms with Crippen LogP contribution in [0.5, 0.6) is 5.75 Å². The molecule has 0 radical (unpaired) electrons. The number of fused-ring (bicyclic) bond motifs is 4. The van der Waals surface area contributed by atoms with Crippen molar-refractivity contribution >= 4 is 45.7 Å². The number of pyridine rings is 1. The van der Waals surface area contributed by atoms with Crippen molar-refractivity contribution < 1.29 is 28.7 Å². The van der Waals surface area contributed by atoms with Crippen molar-refractivity contribution in [2.45, 2.75) is 114 Å². The molecule has 4 aromatic rings. The largest absolute Gasteiger partial charge is 0.492 e. The average Bonchev–Trinajstić information content (AvgIpc) is 3.71. The van der Waals surface area contributed by atoms with E-state index in [1.54, 1.807) is 30.5 Å². The number of allylic oxidation sites excluding steroid dienone is 2. The third kappa shape index (κ3) is 14.6. The zero-order chi connectivity index (χ0) is 44.3. The van der Waals surface area contributed by atoms with Crippen molar-refractivity contribution in [2.24, 2.45) is 16.7 Å².